The zero-order valence-electron chi connectivity index (χ0n) is 15.7. The summed E-state index contributed by atoms with van der Waals surface area (Å²) in [5.41, 5.74) is 0.772. The summed E-state index contributed by atoms with van der Waals surface area (Å²) in [6.45, 7) is 2.75. The minimum Gasteiger partial charge on any atom is -0.493 e. The van der Waals surface area contributed by atoms with E-state index >= 15 is 0 Å². The SMILES string of the molecule is COc1c(Cl)ccc2sc(N3CCN(C(=O)CSc4ccc(F)cc4)CC3)nc12. The summed E-state index contributed by atoms with van der Waals surface area (Å²) in [5.74, 6) is 0.768. The van der Waals surface area contributed by atoms with Crippen molar-refractivity contribution in [2.75, 3.05) is 43.9 Å². The van der Waals surface area contributed by atoms with Crippen LogP contribution in [0.4, 0.5) is 9.52 Å². The van der Waals surface area contributed by atoms with E-state index in [2.05, 4.69) is 4.90 Å². The largest absolute Gasteiger partial charge is 0.493 e. The molecule has 3 aromatic rings. The van der Waals surface area contributed by atoms with Crippen molar-refractivity contribution in [3.05, 3.63) is 47.2 Å². The van der Waals surface area contributed by atoms with Gasteiger partial charge >= 0.3 is 0 Å². The van der Waals surface area contributed by atoms with Crippen LogP contribution < -0.4 is 9.64 Å². The van der Waals surface area contributed by atoms with Gasteiger partial charge in [0, 0.05) is 31.1 Å². The van der Waals surface area contributed by atoms with Crippen molar-refractivity contribution >= 4 is 56.0 Å². The predicted octanol–water partition coefficient (Wildman–Crippen LogP) is 4.54. The first-order valence-electron chi connectivity index (χ1n) is 9.09. The minimum atomic E-state index is -0.272. The van der Waals surface area contributed by atoms with Gasteiger partial charge in [0.15, 0.2) is 10.9 Å². The Morgan fingerprint density at radius 3 is 2.62 bits per heavy atom. The summed E-state index contributed by atoms with van der Waals surface area (Å²) in [6, 6.07) is 9.98. The maximum absolute atomic E-state index is 13.0. The number of hydrogen-bond donors (Lipinski definition) is 0. The number of nitrogens with zero attached hydrogens (tertiary/aromatic N) is 3. The number of amides is 1. The second-order valence-electron chi connectivity index (χ2n) is 6.53. The number of rotatable bonds is 5. The fourth-order valence-corrected chi connectivity index (χ4v) is 5.22. The van der Waals surface area contributed by atoms with Gasteiger partial charge in [-0.15, -0.1) is 11.8 Å². The van der Waals surface area contributed by atoms with E-state index in [1.807, 2.05) is 17.0 Å². The molecule has 0 N–H and O–H groups in total. The van der Waals surface area contributed by atoms with Gasteiger partial charge in [-0.3, -0.25) is 4.79 Å². The number of benzene rings is 2. The number of thioether (sulfide) groups is 1. The first-order chi connectivity index (χ1) is 14.0. The van der Waals surface area contributed by atoms with E-state index in [1.165, 1.54) is 23.9 Å². The van der Waals surface area contributed by atoms with Crippen molar-refractivity contribution in [1.82, 2.24) is 9.88 Å². The second-order valence-corrected chi connectivity index (χ2v) is 9.00. The van der Waals surface area contributed by atoms with Crippen LogP contribution in [0.1, 0.15) is 0 Å². The highest BCUT2D eigenvalue weighted by atomic mass is 35.5. The maximum atomic E-state index is 13.0. The summed E-state index contributed by atoms with van der Waals surface area (Å²) < 4.78 is 19.4. The van der Waals surface area contributed by atoms with Crippen molar-refractivity contribution in [3.63, 3.8) is 0 Å². The number of thiazole rings is 1. The molecule has 1 amide bonds. The highest BCUT2D eigenvalue weighted by molar-refractivity contribution is 8.00. The molecule has 2 heterocycles. The van der Waals surface area contributed by atoms with Gasteiger partial charge in [0.1, 0.15) is 11.3 Å². The van der Waals surface area contributed by atoms with E-state index in [0.29, 0.717) is 29.6 Å². The Hall–Kier alpha value is -2.03. The van der Waals surface area contributed by atoms with Gasteiger partial charge in [0.05, 0.1) is 22.6 Å². The first-order valence-corrected chi connectivity index (χ1v) is 11.3. The molecule has 1 fully saturated rings. The van der Waals surface area contributed by atoms with Crippen molar-refractivity contribution in [2.45, 2.75) is 4.90 Å². The smallest absolute Gasteiger partial charge is 0.233 e. The molecule has 29 heavy (non-hydrogen) atoms. The molecule has 9 heteroatoms. The monoisotopic (exact) mass is 451 g/mol. The van der Waals surface area contributed by atoms with Crippen LogP contribution in [0.25, 0.3) is 10.2 Å². The Balaban J connectivity index is 1.36. The van der Waals surface area contributed by atoms with Gasteiger partial charge in [-0.05, 0) is 36.4 Å². The Morgan fingerprint density at radius 2 is 1.93 bits per heavy atom. The fraction of sp³-hybridized carbons (Fsp3) is 0.300. The number of ether oxygens (including phenoxy) is 1. The van der Waals surface area contributed by atoms with Gasteiger partial charge in [-0.2, -0.15) is 0 Å². The van der Waals surface area contributed by atoms with Gasteiger partial charge in [-0.1, -0.05) is 22.9 Å². The molecule has 1 saturated heterocycles. The lowest BCUT2D eigenvalue weighted by Gasteiger charge is -2.34. The number of hydrogen-bond acceptors (Lipinski definition) is 6. The summed E-state index contributed by atoms with van der Waals surface area (Å²) in [5, 5.41) is 1.46. The topological polar surface area (TPSA) is 45.7 Å². The number of methoxy groups -OCH3 is 1. The lowest BCUT2D eigenvalue weighted by Crippen LogP contribution is -2.49. The van der Waals surface area contributed by atoms with Crippen LogP contribution in [0.2, 0.25) is 5.02 Å². The van der Waals surface area contributed by atoms with Gasteiger partial charge in [0.2, 0.25) is 5.91 Å². The molecule has 2 aromatic carbocycles. The van der Waals surface area contributed by atoms with E-state index < -0.39 is 0 Å². The molecule has 0 radical (unpaired) electrons. The Bertz CT molecular complexity index is 1020. The molecule has 5 nitrogen and oxygen atoms in total. The Kier molecular flexibility index (Phi) is 6.12. The summed E-state index contributed by atoms with van der Waals surface area (Å²) >= 11 is 9.22. The molecule has 0 bridgehead atoms. The number of anilines is 1. The first kappa shape index (κ1) is 20.3. The third-order valence-corrected chi connectivity index (χ3v) is 7.11. The van der Waals surface area contributed by atoms with E-state index in [9.17, 15) is 9.18 Å². The standard InChI is InChI=1S/C20H19ClFN3O2S2/c1-27-19-15(21)6-7-16-18(19)23-20(29-16)25-10-8-24(9-11-25)17(26)12-28-14-4-2-13(22)3-5-14/h2-7H,8-12H2,1H3. The summed E-state index contributed by atoms with van der Waals surface area (Å²) in [4.78, 5) is 22.2. The predicted molar refractivity (Wildman–Crippen MR) is 117 cm³/mol. The Morgan fingerprint density at radius 1 is 1.21 bits per heavy atom. The minimum absolute atomic E-state index is 0.0942. The van der Waals surface area contributed by atoms with Crippen LogP contribution in [0, 0.1) is 5.82 Å². The lowest BCUT2D eigenvalue weighted by molar-refractivity contribution is -0.128. The zero-order valence-corrected chi connectivity index (χ0v) is 18.1. The molecule has 0 unspecified atom stereocenters. The van der Waals surface area contributed by atoms with Crippen LogP contribution in [0.5, 0.6) is 5.75 Å². The highest BCUT2D eigenvalue weighted by Crippen LogP contribution is 2.38. The molecule has 1 aliphatic heterocycles. The van der Waals surface area contributed by atoms with Gasteiger partial charge in [0.25, 0.3) is 0 Å². The molecule has 152 valence electrons. The number of carbonyl (C=O) groups is 1. The molecule has 0 atom stereocenters. The molecule has 0 saturated carbocycles. The zero-order chi connectivity index (χ0) is 20.4. The molecule has 0 spiro atoms. The van der Waals surface area contributed by atoms with E-state index in [1.54, 1.807) is 30.6 Å². The van der Waals surface area contributed by atoms with E-state index in [4.69, 9.17) is 21.3 Å². The van der Waals surface area contributed by atoms with Crippen LogP contribution in [-0.2, 0) is 4.79 Å². The average Bonchev–Trinajstić information content (AvgIpc) is 3.17. The van der Waals surface area contributed by atoms with Crippen LogP contribution in [-0.4, -0.2) is 54.8 Å². The number of halogens is 2. The fourth-order valence-electron chi connectivity index (χ4n) is 3.18. The van der Waals surface area contributed by atoms with E-state index in [0.717, 1.165) is 33.3 Å². The van der Waals surface area contributed by atoms with Gasteiger partial charge < -0.3 is 14.5 Å². The van der Waals surface area contributed by atoms with Crippen molar-refractivity contribution < 1.29 is 13.9 Å². The molecular formula is C20H19ClFN3O2S2. The third-order valence-electron chi connectivity index (χ3n) is 4.74. The quantitative estimate of drug-likeness (QED) is 0.533. The molecule has 1 aromatic heterocycles. The van der Waals surface area contributed by atoms with Crippen molar-refractivity contribution in [1.29, 1.82) is 0 Å². The number of carbonyl (C=O) groups excluding carboxylic acids is 1. The summed E-state index contributed by atoms with van der Waals surface area (Å²) in [6.07, 6.45) is 0. The third kappa shape index (κ3) is 4.44. The maximum Gasteiger partial charge on any atom is 0.233 e. The number of fused-ring (bicyclic) bond motifs is 1. The molecule has 1 aliphatic rings. The van der Waals surface area contributed by atoms with Crippen molar-refractivity contribution in [3.8, 4) is 5.75 Å². The average molecular weight is 452 g/mol. The summed E-state index contributed by atoms with van der Waals surface area (Å²) in [7, 11) is 1.59. The lowest BCUT2D eigenvalue weighted by atomic mass is 10.3. The van der Waals surface area contributed by atoms with Crippen LogP contribution >= 0.6 is 34.7 Å². The highest BCUT2D eigenvalue weighted by Gasteiger charge is 2.24. The van der Waals surface area contributed by atoms with Gasteiger partial charge in [-0.25, -0.2) is 9.37 Å². The molecule has 4 rings (SSSR count). The Labute approximate surface area is 181 Å². The number of aromatic nitrogens is 1. The van der Waals surface area contributed by atoms with Crippen molar-refractivity contribution in [2.24, 2.45) is 0 Å². The second kappa shape index (κ2) is 8.77. The van der Waals surface area contributed by atoms with Crippen LogP contribution in [0.3, 0.4) is 0 Å². The molecule has 0 aliphatic carbocycles. The normalized spacial score (nSPS) is 14.4. The molecular weight excluding hydrogens is 433 g/mol. The number of piperazine rings is 1. The van der Waals surface area contributed by atoms with E-state index in [-0.39, 0.29) is 11.7 Å². The van der Waals surface area contributed by atoms with Crippen LogP contribution in [0.15, 0.2) is 41.3 Å².